The van der Waals surface area contributed by atoms with E-state index in [9.17, 15) is 4.79 Å². The first-order valence-corrected chi connectivity index (χ1v) is 5.29. The van der Waals surface area contributed by atoms with Gasteiger partial charge in [0.05, 0.1) is 12.2 Å². The van der Waals surface area contributed by atoms with Gasteiger partial charge in [-0.05, 0) is 37.6 Å². The van der Waals surface area contributed by atoms with Crippen LogP contribution in [0.4, 0.5) is 5.69 Å². The van der Waals surface area contributed by atoms with Crippen LogP contribution in [0.3, 0.4) is 0 Å². The molecule has 4 heteroatoms. The van der Waals surface area contributed by atoms with Crippen LogP contribution in [0.25, 0.3) is 0 Å². The Hall–Kier alpha value is -1.55. The molecule has 0 aromatic heterocycles. The van der Waals surface area contributed by atoms with Crippen LogP contribution < -0.4 is 5.73 Å². The topological polar surface area (TPSA) is 72.5 Å². The van der Waals surface area contributed by atoms with Crippen molar-refractivity contribution in [2.45, 2.75) is 20.3 Å². The van der Waals surface area contributed by atoms with Crippen LogP contribution in [0.5, 0.6) is 0 Å². The number of benzene rings is 1. The molecule has 0 spiro atoms. The summed E-state index contributed by atoms with van der Waals surface area (Å²) in [5.74, 6) is -0.290. The molecule has 1 rings (SSSR count). The van der Waals surface area contributed by atoms with Gasteiger partial charge in [-0.3, -0.25) is 0 Å². The number of nitrogen functional groups attached to an aromatic ring is 1. The monoisotopic (exact) mass is 225 g/mol. The summed E-state index contributed by atoms with van der Waals surface area (Å²) in [6.07, 6.45) is 0.834. The van der Waals surface area contributed by atoms with Crippen LogP contribution >= 0.6 is 0 Å². The van der Waals surface area contributed by atoms with E-state index in [4.69, 9.17) is 15.6 Å². The van der Waals surface area contributed by atoms with Crippen molar-refractivity contribution in [3.05, 3.63) is 29.8 Å². The number of ether oxygens (including phenoxy) is 1. The fourth-order valence-electron chi connectivity index (χ4n) is 0.897. The summed E-state index contributed by atoms with van der Waals surface area (Å²) in [7, 11) is 0. The maximum Gasteiger partial charge on any atom is 0.338 e. The quantitative estimate of drug-likeness (QED) is 0.608. The number of aliphatic hydroxyl groups is 1. The van der Waals surface area contributed by atoms with Gasteiger partial charge in [0.2, 0.25) is 0 Å². The number of hydrogen-bond donors (Lipinski definition) is 2. The molecule has 3 N–H and O–H groups in total. The summed E-state index contributed by atoms with van der Waals surface area (Å²) < 4.78 is 4.94. The number of anilines is 1. The minimum Gasteiger partial charge on any atom is -0.462 e. The van der Waals surface area contributed by atoms with Crippen LogP contribution in [0.1, 0.15) is 30.6 Å². The van der Waals surface area contributed by atoms with Gasteiger partial charge in [-0.25, -0.2) is 4.79 Å². The molecular weight excluding hydrogens is 206 g/mol. The minimum absolute atomic E-state index is 0.250. The van der Waals surface area contributed by atoms with Gasteiger partial charge in [-0.2, -0.15) is 0 Å². The highest BCUT2D eigenvalue weighted by Gasteiger charge is 2.04. The Morgan fingerprint density at radius 3 is 2.25 bits per heavy atom. The van der Waals surface area contributed by atoms with Crippen LogP contribution in [0.2, 0.25) is 0 Å². The Morgan fingerprint density at radius 1 is 1.31 bits per heavy atom. The molecule has 1 aromatic carbocycles. The Kier molecular flexibility index (Phi) is 7.89. The lowest BCUT2D eigenvalue weighted by atomic mass is 10.2. The molecule has 90 valence electrons. The lowest BCUT2D eigenvalue weighted by molar-refractivity contribution is 0.0505. The lowest BCUT2D eigenvalue weighted by Gasteiger charge is -2.02. The van der Waals surface area contributed by atoms with E-state index >= 15 is 0 Å². The Bertz CT molecular complexity index is 296. The predicted molar refractivity (Wildman–Crippen MR) is 64.2 cm³/mol. The number of rotatable bonds is 3. The second-order valence-corrected chi connectivity index (χ2v) is 3.07. The van der Waals surface area contributed by atoms with E-state index < -0.39 is 0 Å². The number of carbonyl (C=O) groups excluding carboxylic acids is 1. The van der Waals surface area contributed by atoms with E-state index in [2.05, 4.69) is 0 Å². The molecule has 0 fully saturated rings. The zero-order valence-corrected chi connectivity index (χ0v) is 9.77. The van der Waals surface area contributed by atoms with Gasteiger partial charge >= 0.3 is 5.97 Å². The molecule has 0 unspecified atom stereocenters. The Balaban J connectivity index is 0.000000673. The van der Waals surface area contributed by atoms with E-state index in [0.29, 0.717) is 17.9 Å². The van der Waals surface area contributed by atoms with Crippen molar-refractivity contribution in [1.29, 1.82) is 0 Å². The number of esters is 1. The SMILES string of the molecule is CCCOC(=O)c1ccc(N)cc1.CCO. The average Bonchev–Trinajstić information content (AvgIpc) is 2.28. The number of aliphatic hydroxyl groups excluding tert-OH is 1. The van der Waals surface area contributed by atoms with Gasteiger partial charge in [0.1, 0.15) is 0 Å². The maximum absolute atomic E-state index is 11.3. The van der Waals surface area contributed by atoms with Crippen molar-refractivity contribution in [3.8, 4) is 0 Å². The van der Waals surface area contributed by atoms with E-state index in [1.807, 2.05) is 6.92 Å². The standard InChI is InChI=1S/C10H13NO2.C2H6O/c1-2-7-13-10(12)8-3-5-9(11)6-4-8;1-2-3/h3-6H,2,7,11H2,1H3;3H,2H2,1H3. The highest BCUT2D eigenvalue weighted by atomic mass is 16.5. The number of nitrogens with two attached hydrogens (primary N) is 1. The van der Waals surface area contributed by atoms with E-state index in [1.165, 1.54) is 0 Å². The molecule has 0 saturated carbocycles. The fourth-order valence-corrected chi connectivity index (χ4v) is 0.897. The first-order valence-electron chi connectivity index (χ1n) is 5.29. The molecular formula is C12H19NO3. The van der Waals surface area contributed by atoms with E-state index in [0.717, 1.165) is 6.42 Å². The lowest BCUT2D eigenvalue weighted by Crippen LogP contribution is -2.05. The van der Waals surface area contributed by atoms with Crippen molar-refractivity contribution in [2.75, 3.05) is 18.9 Å². The van der Waals surface area contributed by atoms with Gasteiger partial charge in [0.25, 0.3) is 0 Å². The smallest absolute Gasteiger partial charge is 0.338 e. The number of hydrogen-bond acceptors (Lipinski definition) is 4. The minimum atomic E-state index is -0.290. The van der Waals surface area contributed by atoms with E-state index in [-0.39, 0.29) is 12.6 Å². The van der Waals surface area contributed by atoms with Crippen molar-refractivity contribution in [3.63, 3.8) is 0 Å². The van der Waals surface area contributed by atoms with Crippen molar-refractivity contribution >= 4 is 11.7 Å². The van der Waals surface area contributed by atoms with Gasteiger partial charge in [-0.15, -0.1) is 0 Å². The fraction of sp³-hybridized carbons (Fsp3) is 0.417. The largest absolute Gasteiger partial charge is 0.462 e. The number of carbonyl (C=O) groups is 1. The molecule has 0 bridgehead atoms. The first-order chi connectivity index (χ1) is 7.65. The van der Waals surface area contributed by atoms with Crippen molar-refractivity contribution < 1.29 is 14.6 Å². The maximum atomic E-state index is 11.3. The molecule has 0 radical (unpaired) electrons. The third-order valence-corrected chi connectivity index (χ3v) is 1.58. The van der Waals surface area contributed by atoms with Gasteiger partial charge in [-0.1, -0.05) is 6.92 Å². The molecule has 0 aliphatic rings. The molecule has 0 aliphatic carbocycles. The molecule has 0 heterocycles. The highest BCUT2D eigenvalue weighted by Crippen LogP contribution is 2.06. The molecule has 0 aliphatic heterocycles. The molecule has 0 atom stereocenters. The van der Waals surface area contributed by atoms with Gasteiger partial charge in [0.15, 0.2) is 0 Å². The van der Waals surface area contributed by atoms with Gasteiger partial charge in [0, 0.05) is 12.3 Å². The van der Waals surface area contributed by atoms with E-state index in [1.54, 1.807) is 31.2 Å². The van der Waals surface area contributed by atoms with Crippen LogP contribution in [0, 0.1) is 0 Å². The zero-order chi connectivity index (χ0) is 12.4. The van der Waals surface area contributed by atoms with Crippen molar-refractivity contribution in [1.82, 2.24) is 0 Å². The average molecular weight is 225 g/mol. The first kappa shape index (κ1) is 14.5. The molecule has 1 aromatic rings. The van der Waals surface area contributed by atoms with Gasteiger partial charge < -0.3 is 15.6 Å². The highest BCUT2D eigenvalue weighted by molar-refractivity contribution is 5.89. The molecule has 16 heavy (non-hydrogen) atoms. The summed E-state index contributed by atoms with van der Waals surface area (Å²) in [6.45, 7) is 4.35. The molecule has 4 nitrogen and oxygen atoms in total. The third kappa shape index (κ3) is 6.03. The predicted octanol–water partition coefficient (Wildman–Crippen LogP) is 1.83. The molecule has 0 amide bonds. The Morgan fingerprint density at radius 2 is 1.81 bits per heavy atom. The summed E-state index contributed by atoms with van der Waals surface area (Å²) in [5.41, 5.74) is 6.66. The van der Waals surface area contributed by atoms with Crippen LogP contribution in [-0.2, 0) is 4.74 Å². The molecule has 0 saturated heterocycles. The van der Waals surface area contributed by atoms with Crippen molar-refractivity contribution in [2.24, 2.45) is 0 Å². The zero-order valence-electron chi connectivity index (χ0n) is 9.77. The summed E-state index contributed by atoms with van der Waals surface area (Å²) >= 11 is 0. The normalized spacial score (nSPS) is 8.94. The Labute approximate surface area is 96.0 Å². The second-order valence-electron chi connectivity index (χ2n) is 3.07. The van der Waals surface area contributed by atoms with Crippen LogP contribution in [0.15, 0.2) is 24.3 Å². The third-order valence-electron chi connectivity index (χ3n) is 1.58. The summed E-state index contributed by atoms with van der Waals surface area (Å²) in [6, 6.07) is 6.69. The van der Waals surface area contributed by atoms with Crippen LogP contribution in [-0.4, -0.2) is 24.3 Å². The second kappa shape index (κ2) is 8.73. The summed E-state index contributed by atoms with van der Waals surface area (Å²) in [5, 5.41) is 7.57. The summed E-state index contributed by atoms with van der Waals surface area (Å²) in [4.78, 5) is 11.3.